The second kappa shape index (κ2) is 8.58. The first-order valence-electron chi connectivity index (χ1n) is 10.0. The number of amides is 2. The van der Waals surface area contributed by atoms with Crippen LogP contribution in [0.3, 0.4) is 0 Å². The van der Waals surface area contributed by atoms with Crippen molar-refractivity contribution < 1.29 is 18.4 Å². The summed E-state index contributed by atoms with van der Waals surface area (Å²) in [6, 6.07) is 5.31. The number of aromatic nitrogens is 3. The number of aryl methyl sites for hydroxylation is 2. The number of anilines is 2. The Morgan fingerprint density at radius 1 is 1.19 bits per heavy atom. The van der Waals surface area contributed by atoms with Gasteiger partial charge in [-0.3, -0.25) is 14.2 Å². The molecular formula is C21H22FN5O4. The first-order valence-corrected chi connectivity index (χ1v) is 10.0. The van der Waals surface area contributed by atoms with Crippen LogP contribution < -0.4 is 16.3 Å². The van der Waals surface area contributed by atoms with E-state index in [1.54, 1.807) is 11.5 Å². The second-order valence-corrected chi connectivity index (χ2v) is 7.41. The highest BCUT2D eigenvalue weighted by Crippen LogP contribution is 2.21. The van der Waals surface area contributed by atoms with E-state index in [0.29, 0.717) is 24.6 Å². The zero-order valence-electron chi connectivity index (χ0n) is 17.0. The minimum Gasteiger partial charge on any atom is -0.469 e. The van der Waals surface area contributed by atoms with Crippen LogP contribution in [0.25, 0.3) is 0 Å². The quantitative estimate of drug-likeness (QED) is 0.650. The standard InChI is InChI=1S/C21H22FN5O4/c1-13-15(8-10-31-13)20(29)24-17-11-14(6-7-16(17)22)23-19(28)12-27-21(30)26-9-4-2-3-5-18(26)25-27/h6-8,10-11H,2-5,9,12H2,1H3,(H,23,28)(H,24,29). The topological polar surface area (TPSA) is 111 Å². The molecule has 9 nitrogen and oxygen atoms in total. The zero-order valence-corrected chi connectivity index (χ0v) is 17.0. The van der Waals surface area contributed by atoms with Crippen molar-refractivity contribution in [3.05, 3.63) is 64.0 Å². The molecule has 4 rings (SSSR count). The molecule has 0 aliphatic carbocycles. The molecule has 2 aromatic heterocycles. The number of nitrogens with one attached hydrogen (secondary N) is 2. The molecule has 1 aliphatic heterocycles. The summed E-state index contributed by atoms with van der Waals surface area (Å²) >= 11 is 0. The molecule has 162 valence electrons. The summed E-state index contributed by atoms with van der Waals surface area (Å²) in [5.74, 6) is -0.561. The molecule has 2 amide bonds. The molecule has 31 heavy (non-hydrogen) atoms. The molecule has 0 spiro atoms. The lowest BCUT2D eigenvalue weighted by molar-refractivity contribution is -0.117. The van der Waals surface area contributed by atoms with Crippen molar-refractivity contribution in [3.8, 4) is 0 Å². The molecule has 0 unspecified atom stereocenters. The number of nitrogens with zero attached hydrogens (tertiary/aromatic N) is 3. The Bertz CT molecular complexity index is 1190. The average Bonchev–Trinajstić information content (AvgIpc) is 3.19. The molecular weight excluding hydrogens is 405 g/mol. The predicted octanol–water partition coefficient (Wildman–Crippen LogP) is 2.70. The van der Waals surface area contributed by atoms with Crippen molar-refractivity contribution in [2.45, 2.75) is 45.7 Å². The van der Waals surface area contributed by atoms with E-state index in [4.69, 9.17) is 4.42 Å². The van der Waals surface area contributed by atoms with Gasteiger partial charge in [-0.15, -0.1) is 0 Å². The third-order valence-corrected chi connectivity index (χ3v) is 5.18. The Morgan fingerprint density at radius 3 is 2.81 bits per heavy atom. The van der Waals surface area contributed by atoms with Gasteiger partial charge in [-0.25, -0.2) is 13.9 Å². The molecule has 0 radical (unpaired) electrons. The van der Waals surface area contributed by atoms with Crippen molar-refractivity contribution in [1.82, 2.24) is 14.3 Å². The third kappa shape index (κ3) is 4.42. The average molecular weight is 427 g/mol. The molecule has 1 aliphatic rings. The largest absolute Gasteiger partial charge is 0.469 e. The predicted molar refractivity (Wildman–Crippen MR) is 110 cm³/mol. The Hall–Kier alpha value is -3.69. The Balaban J connectivity index is 1.45. The summed E-state index contributed by atoms with van der Waals surface area (Å²) in [6.07, 6.45) is 5.00. The van der Waals surface area contributed by atoms with Gasteiger partial charge in [0, 0.05) is 18.7 Å². The van der Waals surface area contributed by atoms with E-state index in [-0.39, 0.29) is 29.2 Å². The fourth-order valence-corrected chi connectivity index (χ4v) is 3.57. The van der Waals surface area contributed by atoms with Gasteiger partial charge in [0.1, 0.15) is 23.9 Å². The molecule has 3 aromatic rings. The minimum absolute atomic E-state index is 0.0886. The second-order valence-electron chi connectivity index (χ2n) is 7.41. The van der Waals surface area contributed by atoms with Crippen molar-refractivity contribution >= 4 is 23.2 Å². The lowest BCUT2D eigenvalue weighted by Gasteiger charge is -2.10. The fourth-order valence-electron chi connectivity index (χ4n) is 3.57. The molecule has 0 bridgehead atoms. The van der Waals surface area contributed by atoms with Gasteiger partial charge >= 0.3 is 5.69 Å². The number of carbonyl (C=O) groups is 2. The zero-order chi connectivity index (χ0) is 22.0. The van der Waals surface area contributed by atoms with Crippen LogP contribution in [0.2, 0.25) is 0 Å². The number of furan rings is 1. The van der Waals surface area contributed by atoms with E-state index in [1.807, 2.05) is 0 Å². The van der Waals surface area contributed by atoms with Gasteiger partial charge in [0.15, 0.2) is 0 Å². The third-order valence-electron chi connectivity index (χ3n) is 5.18. The summed E-state index contributed by atoms with van der Waals surface area (Å²) in [5, 5.41) is 9.36. The van der Waals surface area contributed by atoms with Crippen LogP contribution in [0.5, 0.6) is 0 Å². The highest BCUT2D eigenvalue weighted by molar-refractivity contribution is 6.05. The van der Waals surface area contributed by atoms with Crippen molar-refractivity contribution in [2.75, 3.05) is 10.6 Å². The molecule has 3 heterocycles. The number of halogens is 1. The summed E-state index contributed by atoms with van der Waals surface area (Å²) in [6.45, 7) is 1.97. The maximum Gasteiger partial charge on any atom is 0.346 e. The summed E-state index contributed by atoms with van der Waals surface area (Å²) < 4.78 is 22.0. The van der Waals surface area contributed by atoms with Gasteiger partial charge in [0.25, 0.3) is 5.91 Å². The van der Waals surface area contributed by atoms with Crippen LogP contribution in [-0.4, -0.2) is 26.2 Å². The van der Waals surface area contributed by atoms with E-state index < -0.39 is 17.6 Å². The smallest absolute Gasteiger partial charge is 0.346 e. The number of hydrogen-bond acceptors (Lipinski definition) is 5. The number of fused-ring (bicyclic) bond motifs is 1. The van der Waals surface area contributed by atoms with Crippen molar-refractivity contribution in [3.63, 3.8) is 0 Å². The lowest BCUT2D eigenvalue weighted by Crippen LogP contribution is -2.30. The van der Waals surface area contributed by atoms with Crippen LogP contribution >= 0.6 is 0 Å². The molecule has 10 heteroatoms. The van der Waals surface area contributed by atoms with Gasteiger partial charge in [-0.2, -0.15) is 5.10 Å². The summed E-state index contributed by atoms with van der Waals surface area (Å²) in [5.41, 5.74) is 0.163. The molecule has 0 saturated heterocycles. The molecule has 2 N–H and O–H groups in total. The Morgan fingerprint density at radius 2 is 2.03 bits per heavy atom. The van der Waals surface area contributed by atoms with E-state index in [2.05, 4.69) is 15.7 Å². The van der Waals surface area contributed by atoms with E-state index in [0.717, 1.165) is 30.0 Å². The van der Waals surface area contributed by atoms with Crippen LogP contribution in [0.1, 0.15) is 41.2 Å². The number of hydrogen-bond donors (Lipinski definition) is 2. The lowest BCUT2D eigenvalue weighted by atomic mass is 10.2. The van der Waals surface area contributed by atoms with Crippen LogP contribution in [0.4, 0.5) is 15.8 Å². The summed E-state index contributed by atoms with van der Waals surface area (Å²) in [4.78, 5) is 37.3. The molecule has 1 aromatic carbocycles. The maximum absolute atomic E-state index is 14.2. The SMILES string of the molecule is Cc1occc1C(=O)Nc1cc(NC(=O)Cn2nc3n(c2=O)CCCCC3)ccc1F. The Kier molecular flexibility index (Phi) is 5.70. The summed E-state index contributed by atoms with van der Waals surface area (Å²) in [7, 11) is 0. The highest BCUT2D eigenvalue weighted by atomic mass is 19.1. The highest BCUT2D eigenvalue weighted by Gasteiger charge is 2.18. The molecule has 0 saturated carbocycles. The minimum atomic E-state index is -0.651. The normalized spacial score (nSPS) is 13.4. The Labute approximate surface area is 176 Å². The molecule has 0 fully saturated rings. The number of rotatable bonds is 5. The van der Waals surface area contributed by atoms with E-state index in [9.17, 15) is 18.8 Å². The van der Waals surface area contributed by atoms with Crippen molar-refractivity contribution in [1.29, 1.82) is 0 Å². The first-order chi connectivity index (χ1) is 14.9. The van der Waals surface area contributed by atoms with Crippen LogP contribution in [0.15, 0.2) is 39.7 Å². The van der Waals surface area contributed by atoms with Crippen LogP contribution in [-0.2, 0) is 24.3 Å². The van der Waals surface area contributed by atoms with Gasteiger partial charge in [-0.1, -0.05) is 6.42 Å². The monoisotopic (exact) mass is 427 g/mol. The van der Waals surface area contributed by atoms with E-state index >= 15 is 0 Å². The first kappa shape index (κ1) is 20.6. The van der Waals surface area contributed by atoms with Crippen LogP contribution in [0, 0.1) is 12.7 Å². The van der Waals surface area contributed by atoms with Gasteiger partial charge in [0.2, 0.25) is 5.91 Å². The van der Waals surface area contributed by atoms with Gasteiger partial charge in [0.05, 0.1) is 17.5 Å². The van der Waals surface area contributed by atoms with Gasteiger partial charge in [-0.05, 0) is 44.0 Å². The van der Waals surface area contributed by atoms with E-state index in [1.165, 1.54) is 24.5 Å². The number of benzene rings is 1. The maximum atomic E-state index is 14.2. The fraction of sp³-hybridized carbons (Fsp3) is 0.333. The number of carbonyl (C=O) groups excluding carboxylic acids is 2. The van der Waals surface area contributed by atoms with Crippen molar-refractivity contribution in [2.24, 2.45) is 0 Å². The van der Waals surface area contributed by atoms with Gasteiger partial charge < -0.3 is 15.1 Å². The molecule has 0 atom stereocenters.